The van der Waals surface area contributed by atoms with Crippen LogP contribution in [0.1, 0.15) is 71.8 Å². The highest BCUT2D eigenvalue weighted by molar-refractivity contribution is 8.77. The second-order valence-electron chi connectivity index (χ2n) is 13.5. The van der Waals surface area contributed by atoms with E-state index in [1.807, 2.05) is 20.8 Å². The molecule has 3 rings (SSSR count). The number of aliphatic hydroxyl groups excluding tert-OH is 1. The normalized spacial score (nSPS) is 28.2. The van der Waals surface area contributed by atoms with Crippen LogP contribution in [-0.2, 0) is 40.0 Å². The predicted octanol–water partition coefficient (Wildman–Crippen LogP) is 2.95. The Bertz CT molecular complexity index is 1460. The van der Waals surface area contributed by atoms with Gasteiger partial charge in [0.15, 0.2) is 17.3 Å². The number of rotatable bonds is 7. The number of aromatic hydroxyl groups is 1. The van der Waals surface area contributed by atoms with Gasteiger partial charge in [0.2, 0.25) is 17.7 Å². The van der Waals surface area contributed by atoms with Gasteiger partial charge in [0.05, 0.1) is 35.7 Å². The summed E-state index contributed by atoms with van der Waals surface area (Å²) in [4.78, 5) is 94.0. The maximum Gasteiger partial charge on any atom is 0.305 e. The largest absolute Gasteiger partial charge is 0.506 e. The van der Waals surface area contributed by atoms with Crippen LogP contribution in [0.5, 0.6) is 5.75 Å². The summed E-state index contributed by atoms with van der Waals surface area (Å²) in [5.41, 5.74) is 0.466. The van der Waals surface area contributed by atoms with Gasteiger partial charge >= 0.3 is 5.97 Å². The number of amides is 3. The number of aliphatic hydroxyl groups is 1. The number of nitrogens with zero attached hydrogens (tertiary/aromatic N) is 1. The van der Waals surface area contributed by atoms with E-state index in [0.29, 0.717) is 5.56 Å². The second-order valence-corrected chi connectivity index (χ2v) is 16.8. The molecule has 1 unspecified atom stereocenters. The molecule has 2 heterocycles. The molecular formula is C34H46ClN3O10S2. The molecule has 2 fully saturated rings. The van der Waals surface area contributed by atoms with Gasteiger partial charge in [0, 0.05) is 55.1 Å². The van der Waals surface area contributed by atoms with E-state index < -0.39 is 84.7 Å². The van der Waals surface area contributed by atoms with Crippen LogP contribution in [0.15, 0.2) is 18.2 Å². The van der Waals surface area contributed by atoms with E-state index in [-0.39, 0.29) is 71.6 Å². The molecule has 7 atom stereocenters. The first-order valence-electron chi connectivity index (χ1n) is 16.6. The van der Waals surface area contributed by atoms with Gasteiger partial charge in [-0.2, -0.15) is 0 Å². The number of ketones is 3. The van der Waals surface area contributed by atoms with Crippen molar-refractivity contribution in [2.45, 2.75) is 102 Å². The second kappa shape index (κ2) is 18.9. The fourth-order valence-electron chi connectivity index (χ4n) is 6.11. The van der Waals surface area contributed by atoms with Crippen molar-refractivity contribution in [3.8, 4) is 5.75 Å². The Kier molecular flexibility index (Phi) is 15.6. The number of phenolic OH excluding ortho intramolecular Hbond substituents is 1. The molecule has 276 valence electrons. The number of carboxylic acid groups (broad SMARTS) is 1. The number of carbonyl (C=O) groups is 7. The maximum atomic E-state index is 13.9. The zero-order valence-electron chi connectivity index (χ0n) is 28.6. The lowest BCUT2D eigenvalue weighted by atomic mass is 9.88. The van der Waals surface area contributed by atoms with Crippen LogP contribution < -0.4 is 10.6 Å². The molecule has 1 aromatic carbocycles. The van der Waals surface area contributed by atoms with Crippen LogP contribution in [0.2, 0.25) is 5.02 Å². The van der Waals surface area contributed by atoms with Crippen molar-refractivity contribution in [1.29, 1.82) is 0 Å². The van der Waals surface area contributed by atoms with Crippen molar-refractivity contribution in [2.75, 3.05) is 12.3 Å². The number of aliphatic carboxylic acids is 1. The van der Waals surface area contributed by atoms with Gasteiger partial charge in [0.25, 0.3) is 0 Å². The lowest BCUT2D eigenvalue weighted by Gasteiger charge is -2.28. The van der Waals surface area contributed by atoms with Crippen LogP contribution in [-0.4, -0.2) is 103 Å². The number of benzene rings is 1. The number of hydrogen-bond acceptors (Lipinski definition) is 11. The molecule has 0 bridgehead atoms. The van der Waals surface area contributed by atoms with E-state index in [2.05, 4.69) is 10.6 Å². The monoisotopic (exact) mass is 755 g/mol. The maximum absolute atomic E-state index is 13.9. The van der Waals surface area contributed by atoms with Crippen LogP contribution in [0.25, 0.3) is 0 Å². The first-order valence-corrected chi connectivity index (χ1v) is 19.3. The number of Topliss-reactive ketones (excluding diaryl/α,β-unsaturated/α-hetero) is 3. The van der Waals surface area contributed by atoms with Crippen LogP contribution >= 0.6 is 33.2 Å². The molecule has 0 aliphatic carbocycles. The van der Waals surface area contributed by atoms with Crippen LogP contribution in [0.3, 0.4) is 0 Å². The molecule has 2 aliphatic rings. The van der Waals surface area contributed by atoms with Crippen LogP contribution in [0.4, 0.5) is 0 Å². The van der Waals surface area contributed by atoms with Gasteiger partial charge in [-0.3, -0.25) is 33.6 Å². The van der Waals surface area contributed by atoms with Crippen molar-refractivity contribution in [2.24, 2.45) is 17.8 Å². The Morgan fingerprint density at radius 3 is 2.30 bits per heavy atom. The molecule has 2 saturated heterocycles. The lowest BCUT2D eigenvalue weighted by Crippen LogP contribution is -2.49. The minimum Gasteiger partial charge on any atom is -0.506 e. The third kappa shape index (κ3) is 12.3. The summed E-state index contributed by atoms with van der Waals surface area (Å²) < 4.78 is 0. The molecule has 3 amide bonds. The number of halogens is 1. The Morgan fingerprint density at radius 2 is 1.68 bits per heavy atom. The van der Waals surface area contributed by atoms with E-state index in [0.717, 1.165) is 0 Å². The average Bonchev–Trinajstić information content (AvgIpc) is 3.42. The molecule has 0 saturated carbocycles. The number of carboxylic acids is 1. The molecule has 0 aromatic heterocycles. The number of fused-ring (bicyclic) bond motifs is 1. The van der Waals surface area contributed by atoms with Gasteiger partial charge in [-0.05, 0) is 43.4 Å². The van der Waals surface area contributed by atoms with Crippen LogP contribution in [0, 0.1) is 17.8 Å². The number of carbonyl (C=O) groups excluding carboxylic acids is 6. The number of phenols is 1. The third-order valence-electron chi connectivity index (χ3n) is 8.68. The van der Waals surface area contributed by atoms with Crippen molar-refractivity contribution in [1.82, 2.24) is 15.5 Å². The Hall–Kier alpha value is -3.14. The highest BCUT2D eigenvalue weighted by atomic mass is 35.5. The van der Waals surface area contributed by atoms with Crippen molar-refractivity contribution < 1.29 is 48.9 Å². The van der Waals surface area contributed by atoms with Gasteiger partial charge in [-0.25, -0.2) is 0 Å². The summed E-state index contributed by atoms with van der Waals surface area (Å²) >= 11 is 6.10. The molecular weight excluding hydrogens is 710 g/mol. The highest BCUT2D eigenvalue weighted by Gasteiger charge is 2.41. The minimum absolute atomic E-state index is 0.00222. The SMILES string of the molecule is CC(=O)[C@@H]1CSSC(C)CC(=O)N2C[C@H](O)C[C@H]2C(=O)C[C@@H](Cc2ccc(O)c(Cl)c2)C(=O)N[C@@H](CC(=O)O)C(=O)C[C@@H](CC(C)C)C(=O)N1. The van der Waals surface area contributed by atoms with Crippen molar-refractivity contribution in [3.05, 3.63) is 28.8 Å². The standard InChI is InChI=1S/C34H46ClN3O10S2/c1-17(2)7-21-11-29(42)25(14-32(45)46)36-34(48)22(9-20-5-6-28(41)24(35)10-20)12-30(43)27-13-23(40)15-38(27)31(44)8-18(3)50-49-16-26(19(4)39)37-33(21)47/h5-6,10,17-18,21-23,25-27,40-41H,7-9,11-16H2,1-4H3,(H,36,48)(H,37,47)(H,45,46)/t18?,21-,22-,23-,25+,26+,27+/m1/s1. The fourth-order valence-corrected chi connectivity index (χ4v) is 8.83. The molecule has 50 heavy (non-hydrogen) atoms. The van der Waals surface area contributed by atoms with E-state index in [4.69, 9.17) is 11.6 Å². The molecule has 0 spiro atoms. The molecule has 0 radical (unpaired) electrons. The topological polar surface area (TPSA) is 207 Å². The summed E-state index contributed by atoms with van der Waals surface area (Å²) in [5, 5.41) is 35.0. The van der Waals surface area contributed by atoms with Gasteiger partial charge < -0.3 is 30.9 Å². The first kappa shape index (κ1) is 41.3. The summed E-state index contributed by atoms with van der Waals surface area (Å²) in [6.07, 6.45) is -2.42. The van der Waals surface area contributed by atoms with E-state index >= 15 is 0 Å². The summed E-state index contributed by atoms with van der Waals surface area (Å²) in [6.45, 7) is 6.78. The zero-order chi connectivity index (χ0) is 37.3. The highest BCUT2D eigenvalue weighted by Crippen LogP contribution is 2.32. The van der Waals surface area contributed by atoms with E-state index in [1.54, 1.807) is 0 Å². The molecule has 16 heteroatoms. The Balaban J connectivity index is 2.03. The van der Waals surface area contributed by atoms with Crippen molar-refractivity contribution >= 4 is 74.2 Å². The smallest absolute Gasteiger partial charge is 0.305 e. The molecule has 5 N–H and O–H groups in total. The van der Waals surface area contributed by atoms with Gasteiger partial charge in [-0.15, -0.1) is 0 Å². The Labute approximate surface area is 304 Å². The molecule has 1 aromatic rings. The van der Waals surface area contributed by atoms with E-state index in [1.165, 1.54) is 51.6 Å². The minimum atomic E-state index is -1.54. The van der Waals surface area contributed by atoms with Crippen molar-refractivity contribution in [3.63, 3.8) is 0 Å². The predicted molar refractivity (Wildman–Crippen MR) is 190 cm³/mol. The molecule has 2 aliphatic heterocycles. The first-order chi connectivity index (χ1) is 23.4. The number of nitrogens with one attached hydrogen (secondary N) is 2. The number of hydrogen-bond donors (Lipinski definition) is 5. The Morgan fingerprint density at radius 1 is 1.02 bits per heavy atom. The zero-order valence-corrected chi connectivity index (χ0v) is 30.9. The summed E-state index contributed by atoms with van der Waals surface area (Å²) in [7, 11) is 2.63. The molecule has 13 nitrogen and oxygen atoms in total. The summed E-state index contributed by atoms with van der Waals surface area (Å²) in [6, 6.07) is 0.793. The lowest BCUT2D eigenvalue weighted by molar-refractivity contribution is -0.141. The third-order valence-corrected chi connectivity index (χ3v) is 11.9. The average molecular weight is 756 g/mol. The van der Waals surface area contributed by atoms with Gasteiger partial charge in [-0.1, -0.05) is 60.0 Å². The quantitative estimate of drug-likeness (QED) is 0.255. The van der Waals surface area contributed by atoms with E-state index in [9.17, 15) is 48.9 Å². The fraction of sp³-hybridized carbons (Fsp3) is 0.618. The van der Waals surface area contributed by atoms with Gasteiger partial charge in [0.1, 0.15) is 5.75 Å². The summed E-state index contributed by atoms with van der Waals surface area (Å²) in [5.74, 6) is -6.78.